The number of hydrazine groups is 1. The van der Waals surface area contributed by atoms with Crippen LogP contribution in [0.5, 0.6) is 0 Å². The molecule has 0 radical (unpaired) electrons. The lowest BCUT2D eigenvalue weighted by atomic mass is 9.92. The van der Waals surface area contributed by atoms with Gasteiger partial charge in [0.05, 0.1) is 5.56 Å². The number of hydrogen-bond acceptors (Lipinski definition) is 5. The largest absolute Gasteiger partial charge is 0.448 e. The second-order valence-electron chi connectivity index (χ2n) is 6.79. The van der Waals surface area contributed by atoms with Gasteiger partial charge in [-0.1, -0.05) is 48.5 Å². The monoisotopic (exact) mass is 379 g/mol. The van der Waals surface area contributed by atoms with Gasteiger partial charge in [0.15, 0.2) is 6.10 Å². The molecule has 2 aromatic rings. The number of benzene rings is 2. The fourth-order valence-corrected chi connectivity index (χ4v) is 3.37. The van der Waals surface area contributed by atoms with Crippen LogP contribution in [0.1, 0.15) is 28.4 Å². The van der Waals surface area contributed by atoms with Gasteiger partial charge in [-0.05, 0) is 24.1 Å². The summed E-state index contributed by atoms with van der Waals surface area (Å²) in [6.07, 6.45) is -0.973. The van der Waals surface area contributed by atoms with E-state index in [0.717, 1.165) is 0 Å². The lowest BCUT2D eigenvalue weighted by molar-refractivity contribution is -0.142. The molecule has 2 heterocycles. The number of carbonyl (C=O) groups excluding carboxylic acids is 4. The quantitative estimate of drug-likeness (QED) is 0.617. The number of ether oxygens (including phenoxy) is 1. The fraction of sp³-hybridized carbons (Fsp3) is 0.200. The van der Waals surface area contributed by atoms with Crippen molar-refractivity contribution >= 4 is 23.8 Å². The first-order chi connectivity index (χ1) is 13.4. The van der Waals surface area contributed by atoms with Crippen LogP contribution >= 0.6 is 0 Å². The average molecular weight is 379 g/mol. The van der Waals surface area contributed by atoms with E-state index in [9.17, 15) is 19.2 Å². The molecule has 0 unspecified atom stereocenters. The molecule has 2 aromatic carbocycles. The van der Waals surface area contributed by atoms with Crippen molar-refractivity contribution in [3.8, 4) is 0 Å². The molecule has 2 atom stereocenters. The summed E-state index contributed by atoms with van der Waals surface area (Å²) in [4.78, 5) is 49.8. The number of nitrogens with zero attached hydrogens (tertiary/aromatic N) is 1. The van der Waals surface area contributed by atoms with E-state index in [-0.39, 0.29) is 6.42 Å². The van der Waals surface area contributed by atoms with E-state index in [4.69, 9.17) is 4.74 Å². The van der Waals surface area contributed by atoms with Crippen molar-refractivity contribution in [2.24, 2.45) is 0 Å². The lowest BCUT2D eigenvalue weighted by Crippen LogP contribution is -2.52. The van der Waals surface area contributed by atoms with Crippen molar-refractivity contribution in [2.45, 2.75) is 25.0 Å². The smallest absolute Gasteiger partial charge is 0.344 e. The zero-order valence-electron chi connectivity index (χ0n) is 15.0. The molecule has 1 fully saturated rings. The van der Waals surface area contributed by atoms with Crippen LogP contribution < -0.4 is 10.7 Å². The highest BCUT2D eigenvalue weighted by Crippen LogP contribution is 2.28. The molecule has 0 spiro atoms. The van der Waals surface area contributed by atoms with Crippen molar-refractivity contribution in [1.29, 1.82) is 0 Å². The molecule has 8 nitrogen and oxygen atoms in total. The van der Waals surface area contributed by atoms with Gasteiger partial charge in [0.2, 0.25) is 0 Å². The summed E-state index contributed by atoms with van der Waals surface area (Å²) < 4.78 is 5.17. The zero-order valence-corrected chi connectivity index (χ0v) is 15.0. The molecule has 2 N–H and O–H groups in total. The van der Waals surface area contributed by atoms with Gasteiger partial charge in [-0.15, -0.1) is 0 Å². The van der Waals surface area contributed by atoms with Crippen LogP contribution in [0.2, 0.25) is 0 Å². The number of rotatable bonds is 3. The predicted molar refractivity (Wildman–Crippen MR) is 96.7 cm³/mol. The van der Waals surface area contributed by atoms with Crippen molar-refractivity contribution in [1.82, 2.24) is 15.8 Å². The molecule has 2 aliphatic rings. The highest BCUT2D eigenvalue weighted by atomic mass is 16.5. The van der Waals surface area contributed by atoms with Crippen LogP contribution in [-0.4, -0.2) is 34.9 Å². The van der Waals surface area contributed by atoms with Crippen molar-refractivity contribution in [3.05, 3.63) is 71.3 Å². The van der Waals surface area contributed by atoms with Crippen LogP contribution in [0.25, 0.3) is 0 Å². The van der Waals surface area contributed by atoms with Gasteiger partial charge in [0.1, 0.15) is 5.54 Å². The maximum atomic E-state index is 12.8. The van der Waals surface area contributed by atoms with Crippen molar-refractivity contribution < 1.29 is 23.9 Å². The summed E-state index contributed by atoms with van der Waals surface area (Å²) in [5, 5.41) is 3.22. The molecule has 1 saturated heterocycles. The number of cyclic esters (lactones) is 1. The average Bonchev–Trinajstić information content (AvgIpc) is 2.92. The highest BCUT2D eigenvalue weighted by Gasteiger charge is 2.50. The number of carbonyl (C=O) groups is 4. The van der Waals surface area contributed by atoms with Crippen molar-refractivity contribution in [2.75, 3.05) is 0 Å². The van der Waals surface area contributed by atoms with Gasteiger partial charge in [-0.2, -0.15) is 5.01 Å². The molecule has 28 heavy (non-hydrogen) atoms. The molecule has 2 aliphatic heterocycles. The van der Waals surface area contributed by atoms with E-state index >= 15 is 0 Å². The predicted octanol–water partition coefficient (Wildman–Crippen LogP) is 1.27. The Kier molecular flexibility index (Phi) is 4.11. The molecule has 142 valence electrons. The minimum absolute atomic E-state index is 0.160. The van der Waals surface area contributed by atoms with Gasteiger partial charge in [0, 0.05) is 6.42 Å². The number of esters is 1. The first kappa shape index (κ1) is 17.7. The van der Waals surface area contributed by atoms with Gasteiger partial charge < -0.3 is 10.1 Å². The molecular formula is C20H17N3O5. The Morgan fingerprint density at radius 3 is 2.54 bits per heavy atom. The maximum Gasteiger partial charge on any atom is 0.344 e. The van der Waals surface area contributed by atoms with Crippen LogP contribution in [0.4, 0.5) is 4.79 Å². The van der Waals surface area contributed by atoms with Gasteiger partial charge >= 0.3 is 12.0 Å². The third-order valence-electron chi connectivity index (χ3n) is 4.95. The first-order valence-corrected chi connectivity index (χ1v) is 8.72. The van der Waals surface area contributed by atoms with E-state index < -0.39 is 35.5 Å². The SMILES string of the molecule is C[C@@]1(c2ccccc2)NC(=O)N(NC(=O)[C@@H]2Cc3ccccc3C(=O)O2)C1=O. The number of urea groups is 1. The third kappa shape index (κ3) is 2.79. The Morgan fingerprint density at radius 1 is 1.11 bits per heavy atom. The maximum absolute atomic E-state index is 12.8. The van der Waals surface area contributed by atoms with Gasteiger partial charge in [-0.25, -0.2) is 9.59 Å². The fourth-order valence-electron chi connectivity index (χ4n) is 3.37. The van der Waals surface area contributed by atoms with Crippen molar-refractivity contribution in [3.63, 3.8) is 0 Å². The Balaban J connectivity index is 1.52. The summed E-state index contributed by atoms with van der Waals surface area (Å²) in [5.74, 6) is -1.99. The van der Waals surface area contributed by atoms with E-state index in [2.05, 4.69) is 10.7 Å². The van der Waals surface area contributed by atoms with E-state index in [1.54, 1.807) is 61.5 Å². The molecule has 4 rings (SSSR count). The van der Waals surface area contributed by atoms with Crippen LogP contribution in [0.15, 0.2) is 54.6 Å². The molecule has 8 heteroatoms. The summed E-state index contributed by atoms with van der Waals surface area (Å²) >= 11 is 0. The minimum Gasteiger partial charge on any atom is -0.448 e. The van der Waals surface area contributed by atoms with Crippen LogP contribution in [0, 0.1) is 0 Å². The molecular weight excluding hydrogens is 362 g/mol. The minimum atomic E-state index is -1.30. The number of hydrogen-bond donors (Lipinski definition) is 2. The number of fused-ring (bicyclic) bond motifs is 1. The zero-order chi connectivity index (χ0) is 19.9. The standard InChI is InChI=1S/C20H17N3O5/c1-20(13-8-3-2-4-9-13)18(26)23(19(27)21-20)22-16(24)15-11-12-7-5-6-10-14(12)17(25)28-15/h2-10,15H,11H2,1H3,(H,21,27)(H,22,24)/t15-,20-/m0/s1. The Labute approximate surface area is 160 Å². The second kappa shape index (κ2) is 6.49. The van der Waals surface area contributed by atoms with Gasteiger partial charge in [0.25, 0.3) is 11.8 Å². The third-order valence-corrected chi connectivity index (χ3v) is 4.95. The Hall–Kier alpha value is -3.68. The van der Waals surface area contributed by atoms with Crippen LogP contribution in [-0.2, 0) is 26.3 Å². The molecule has 0 bridgehead atoms. The topological polar surface area (TPSA) is 105 Å². The number of nitrogens with one attached hydrogen (secondary N) is 2. The van der Waals surface area contributed by atoms with Gasteiger partial charge in [-0.3, -0.25) is 15.0 Å². The van der Waals surface area contributed by atoms with E-state index in [0.29, 0.717) is 21.7 Å². The summed E-state index contributed by atoms with van der Waals surface area (Å²) in [7, 11) is 0. The highest BCUT2D eigenvalue weighted by molar-refractivity contribution is 6.08. The Bertz CT molecular complexity index is 990. The lowest BCUT2D eigenvalue weighted by Gasteiger charge is -2.26. The summed E-state index contributed by atoms with van der Waals surface area (Å²) in [6.45, 7) is 1.56. The molecule has 0 aliphatic carbocycles. The molecule has 4 amide bonds. The molecule has 0 saturated carbocycles. The first-order valence-electron chi connectivity index (χ1n) is 8.72. The normalized spacial score (nSPS) is 23.7. The Morgan fingerprint density at radius 2 is 1.79 bits per heavy atom. The number of amides is 4. The summed E-state index contributed by atoms with van der Waals surface area (Å²) in [5.41, 5.74) is 2.63. The van der Waals surface area contributed by atoms with Crippen LogP contribution in [0.3, 0.4) is 0 Å². The number of imide groups is 1. The second-order valence-corrected chi connectivity index (χ2v) is 6.79. The molecule has 0 aromatic heterocycles. The van der Waals surface area contributed by atoms with E-state index in [1.165, 1.54) is 0 Å². The van der Waals surface area contributed by atoms with E-state index in [1.807, 2.05) is 0 Å². The summed E-state index contributed by atoms with van der Waals surface area (Å²) in [6, 6.07) is 14.8.